The van der Waals surface area contributed by atoms with Crippen molar-refractivity contribution in [2.24, 2.45) is 0 Å². The summed E-state index contributed by atoms with van der Waals surface area (Å²) in [6.45, 7) is 2.70. The number of hydrogen-bond donors (Lipinski definition) is 1. The number of rotatable bonds is 3. The van der Waals surface area contributed by atoms with Crippen LogP contribution in [0.15, 0.2) is 47.4 Å². The van der Waals surface area contributed by atoms with Crippen molar-refractivity contribution in [3.63, 3.8) is 0 Å². The number of fused-ring (bicyclic) bond motifs is 1. The van der Waals surface area contributed by atoms with Gasteiger partial charge in [0, 0.05) is 24.8 Å². The molecule has 0 aliphatic heterocycles. The minimum Gasteiger partial charge on any atom is -0.381 e. The smallest absolute Gasteiger partial charge is 0.250 e. The van der Waals surface area contributed by atoms with Crippen LogP contribution in [-0.2, 0) is 19.4 Å². The predicted octanol–water partition coefficient (Wildman–Crippen LogP) is 2.84. The second-order valence-corrected chi connectivity index (χ2v) is 5.39. The van der Waals surface area contributed by atoms with Crippen molar-refractivity contribution in [3.8, 4) is 0 Å². The molecule has 1 heterocycles. The monoisotopic (exact) mass is 268 g/mol. The van der Waals surface area contributed by atoms with Gasteiger partial charge >= 0.3 is 0 Å². The quantitative estimate of drug-likeness (QED) is 0.928. The fourth-order valence-electron chi connectivity index (χ4n) is 2.92. The topological polar surface area (TPSA) is 34.0 Å². The Morgan fingerprint density at radius 2 is 2.00 bits per heavy atom. The van der Waals surface area contributed by atoms with E-state index >= 15 is 0 Å². The van der Waals surface area contributed by atoms with Gasteiger partial charge < -0.3 is 9.88 Å². The first kappa shape index (κ1) is 13.0. The molecule has 20 heavy (non-hydrogen) atoms. The standard InChI is InChI=1S/C17H20N2O/c1-2-19-12-16(9-10-17(19)20)18-15-8-7-13-5-3-4-6-14(13)11-15/h3-6,9-10,12,15,18H,2,7-8,11H2,1H3. The molecule has 104 valence electrons. The number of hydrogen-bond acceptors (Lipinski definition) is 2. The first-order valence-corrected chi connectivity index (χ1v) is 7.30. The molecule has 2 aromatic rings. The fraction of sp³-hybridized carbons (Fsp3) is 0.353. The molecule has 3 heteroatoms. The lowest BCUT2D eigenvalue weighted by atomic mass is 9.88. The van der Waals surface area contributed by atoms with Gasteiger partial charge in [-0.05, 0) is 43.4 Å². The minimum absolute atomic E-state index is 0.0621. The Labute approximate surface area is 119 Å². The third-order valence-electron chi connectivity index (χ3n) is 4.04. The van der Waals surface area contributed by atoms with Crippen molar-refractivity contribution >= 4 is 5.69 Å². The molecular formula is C17H20N2O. The zero-order valence-electron chi connectivity index (χ0n) is 11.8. The third kappa shape index (κ3) is 2.62. The van der Waals surface area contributed by atoms with Gasteiger partial charge in [-0.1, -0.05) is 24.3 Å². The molecule has 1 aromatic carbocycles. The molecule has 0 bridgehead atoms. The van der Waals surface area contributed by atoms with E-state index in [2.05, 4.69) is 29.6 Å². The number of anilines is 1. The van der Waals surface area contributed by atoms with E-state index in [4.69, 9.17) is 0 Å². The Morgan fingerprint density at radius 1 is 1.20 bits per heavy atom. The van der Waals surface area contributed by atoms with Gasteiger partial charge in [0.2, 0.25) is 0 Å². The highest BCUT2D eigenvalue weighted by atomic mass is 16.1. The first-order valence-electron chi connectivity index (χ1n) is 7.30. The molecule has 1 aromatic heterocycles. The van der Waals surface area contributed by atoms with Crippen LogP contribution >= 0.6 is 0 Å². The highest BCUT2D eigenvalue weighted by Crippen LogP contribution is 2.23. The molecule has 0 saturated carbocycles. The van der Waals surface area contributed by atoms with E-state index < -0.39 is 0 Å². The van der Waals surface area contributed by atoms with Crippen molar-refractivity contribution in [1.29, 1.82) is 0 Å². The van der Waals surface area contributed by atoms with E-state index in [1.54, 1.807) is 10.6 Å². The van der Waals surface area contributed by atoms with Crippen LogP contribution in [0.4, 0.5) is 5.69 Å². The van der Waals surface area contributed by atoms with Crippen molar-refractivity contribution in [2.45, 2.75) is 38.8 Å². The SMILES string of the molecule is CCn1cc(NC2CCc3ccccc3C2)ccc1=O. The summed E-state index contributed by atoms with van der Waals surface area (Å²) in [6, 6.07) is 12.6. The van der Waals surface area contributed by atoms with E-state index in [0.29, 0.717) is 12.6 Å². The number of benzene rings is 1. The minimum atomic E-state index is 0.0621. The second kappa shape index (κ2) is 5.53. The number of pyridine rings is 1. The van der Waals surface area contributed by atoms with Crippen LogP contribution < -0.4 is 10.9 Å². The first-order chi connectivity index (χ1) is 9.76. The van der Waals surface area contributed by atoms with Crippen molar-refractivity contribution < 1.29 is 0 Å². The van der Waals surface area contributed by atoms with Crippen LogP contribution in [0.5, 0.6) is 0 Å². The maximum Gasteiger partial charge on any atom is 0.250 e. The van der Waals surface area contributed by atoms with Crippen molar-refractivity contribution in [1.82, 2.24) is 4.57 Å². The maximum atomic E-state index is 11.6. The lowest BCUT2D eigenvalue weighted by Crippen LogP contribution is -2.28. The van der Waals surface area contributed by atoms with E-state index in [9.17, 15) is 4.79 Å². The highest BCUT2D eigenvalue weighted by molar-refractivity contribution is 5.43. The molecule has 3 nitrogen and oxygen atoms in total. The van der Waals surface area contributed by atoms with Gasteiger partial charge in [-0.25, -0.2) is 0 Å². The highest BCUT2D eigenvalue weighted by Gasteiger charge is 2.17. The zero-order valence-corrected chi connectivity index (χ0v) is 11.8. The van der Waals surface area contributed by atoms with Gasteiger partial charge in [-0.3, -0.25) is 4.79 Å². The summed E-state index contributed by atoms with van der Waals surface area (Å²) in [6.07, 6.45) is 5.24. The van der Waals surface area contributed by atoms with Crippen LogP contribution in [0.25, 0.3) is 0 Å². The van der Waals surface area contributed by atoms with Crippen LogP contribution in [0.2, 0.25) is 0 Å². The average Bonchev–Trinajstić information content (AvgIpc) is 2.49. The van der Waals surface area contributed by atoms with Gasteiger partial charge in [0.15, 0.2) is 0 Å². The predicted molar refractivity (Wildman–Crippen MR) is 82.3 cm³/mol. The largest absolute Gasteiger partial charge is 0.381 e. The fourth-order valence-corrected chi connectivity index (χ4v) is 2.92. The molecular weight excluding hydrogens is 248 g/mol. The molecule has 1 N–H and O–H groups in total. The van der Waals surface area contributed by atoms with Crippen molar-refractivity contribution in [3.05, 3.63) is 64.1 Å². The summed E-state index contributed by atoms with van der Waals surface area (Å²) in [4.78, 5) is 11.6. The Morgan fingerprint density at radius 3 is 2.80 bits per heavy atom. The molecule has 3 rings (SSSR count). The van der Waals surface area contributed by atoms with Gasteiger partial charge in [-0.2, -0.15) is 0 Å². The molecule has 1 atom stereocenters. The van der Waals surface area contributed by atoms with Gasteiger partial charge in [-0.15, -0.1) is 0 Å². The van der Waals surface area contributed by atoms with Crippen molar-refractivity contribution in [2.75, 3.05) is 5.32 Å². The summed E-state index contributed by atoms with van der Waals surface area (Å²) in [5.74, 6) is 0. The van der Waals surface area contributed by atoms with Crippen LogP contribution in [0, 0.1) is 0 Å². The summed E-state index contributed by atoms with van der Waals surface area (Å²) < 4.78 is 1.74. The summed E-state index contributed by atoms with van der Waals surface area (Å²) in [5, 5.41) is 3.56. The van der Waals surface area contributed by atoms with Crippen LogP contribution in [-0.4, -0.2) is 10.6 Å². The van der Waals surface area contributed by atoms with E-state index in [1.165, 1.54) is 11.1 Å². The Balaban J connectivity index is 1.75. The van der Waals surface area contributed by atoms with Gasteiger partial charge in [0.25, 0.3) is 5.56 Å². The number of nitrogens with one attached hydrogen (secondary N) is 1. The van der Waals surface area contributed by atoms with E-state index in [0.717, 1.165) is 24.9 Å². The molecule has 0 amide bonds. The third-order valence-corrected chi connectivity index (χ3v) is 4.04. The van der Waals surface area contributed by atoms with E-state index in [1.807, 2.05) is 19.2 Å². The zero-order chi connectivity index (χ0) is 13.9. The number of aryl methyl sites for hydroxylation is 2. The molecule has 0 fully saturated rings. The summed E-state index contributed by atoms with van der Waals surface area (Å²) in [7, 11) is 0. The number of nitrogens with zero attached hydrogens (tertiary/aromatic N) is 1. The average molecular weight is 268 g/mol. The lowest BCUT2D eigenvalue weighted by molar-refractivity contribution is 0.609. The molecule has 0 radical (unpaired) electrons. The lowest BCUT2D eigenvalue weighted by Gasteiger charge is -2.26. The summed E-state index contributed by atoms with van der Waals surface area (Å²) >= 11 is 0. The second-order valence-electron chi connectivity index (χ2n) is 5.39. The molecule has 1 unspecified atom stereocenters. The molecule has 1 aliphatic rings. The maximum absolute atomic E-state index is 11.6. The van der Waals surface area contributed by atoms with Crippen LogP contribution in [0.3, 0.4) is 0 Å². The Hall–Kier alpha value is -2.03. The molecule has 0 spiro atoms. The molecule has 1 aliphatic carbocycles. The van der Waals surface area contributed by atoms with Gasteiger partial charge in [0.1, 0.15) is 0 Å². The Bertz CT molecular complexity index is 660. The number of aromatic nitrogens is 1. The van der Waals surface area contributed by atoms with E-state index in [-0.39, 0.29) is 5.56 Å². The van der Waals surface area contributed by atoms with Gasteiger partial charge in [0.05, 0.1) is 5.69 Å². The summed E-state index contributed by atoms with van der Waals surface area (Å²) in [5.41, 5.74) is 4.02. The van der Waals surface area contributed by atoms with Crippen LogP contribution in [0.1, 0.15) is 24.5 Å². The molecule has 0 saturated heterocycles. The normalized spacial score (nSPS) is 17.6. The Kier molecular flexibility index (Phi) is 3.59.